The first kappa shape index (κ1) is 9.81. The van der Waals surface area contributed by atoms with Gasteiger partial charge in [0.1, 0.15) is 0 Å². The number of hydrogen-bond acceptors (Lipinski definition) is 1. The van der Waals surface area contributed by atoms with Crippen LogP contribution in [-0.4, -0.2) is 33.6 Å². The molecule has 0 aliphatic carbocycles. The molecule has 0 N–H and O–H groups in total. The van der Waals surface area contributed by atoms with E-state index >= 15 is 0 Å². The van der Waals surface area contributed by atoms with Crippen LogP contribution in [0.15, 0.2) is 24.3 Å². The molecule has 0 saturated carbocycles. The Kier molecular flexibility index (Phi) is 2.41. The Morgan fingerprint density at radius 1 is 1.36 bits per heavy atom. The summed E-state index contributed by atoms with van der Waals surface area (Å²) >= 11 is 2.73. The van der Waals surface area contributed by atoms with Crippen LogP contribution in [0.3, 0.4) is 0 Å². The summed E-state index contributed by atoms with van der Waals surface area (Å²) in [7, 11) is 1.80. The van der Waals surface area contributed by atoms with Gasteiger partial charge < -0.3 is 0 Å². The number of benzene rings is 1. The van der Waals surface area contributed by atoms with Gasteiger partial charge in [0, 0.05) is 0 Å². The van der Waals surface area contributed by atoms with Crippen molar-refractivity contribution >= 4 is 25.8 Å². The molecule has 1 nitrogen and oxygen atoms in total. The molecule has 1 aromatic rings. The predicted molar refractivity (Wildman–Crippen MR) is 54.4 cm³/mol. The summed E-state index contributed by atoms with van der Waals surface area (Å²) in [4.78, 5) is 1.78. The average molecular weight is 260 g/mol. The molecule has 0 amide bonds. The third-order valence-electron chi connectivity index (χ3n) is 2.48. The number of alkyl halides is 2. The maximum atomic E-state index is 12.8. The van der Waals surface area contributed by atoms with Crippen molar-refractivity contribution < 1.29 is 8.78 Å². The predicted octanol–water partition coefficient (Wildman–Crippen LogP) is 1.78. The molecule has 0 radical (unpaired) electrons. The molecule has 1 aliphatic rings. The SMILES string of the molecule is CN1C(=[Se])C(C(F)F)c2ccccc21. The summed E-state index contributed by atoms with van der Waals surface area (Å²) < 4.78 is 26.1. The molecule has 0 aromatic heterocycles. The summed E-state index contributed by atoms with van der Waals surface area (Å²) in [6, 6.07) is 7.26. The fraction of sp³-hybridized carbons (Fsp3) is 0.300. The topological polar surface area (TPSA) is 3.24 Å². The van der Waals surface area contributed by atoms with Crippen LogP contribution < -0.4 is 4.90 Å². The molecule has 1 atom stereocenters. The molecule has 1 heterocycles. The van der Waals surface area contributed by atoms with Crippen molar-refractivity contribution in [3.05, 3.63) is 29.8 Å². The van der Waals surface area contributed by atoms with Crippen molar-refractivity contribution in [3.63, 3.8) is 0 Å². The van der Waals surface area contributed by atoms with Gasteiger partial charge in [0.2, 0.25) is 0 Å². The van der Waals surface area contributed by atoms with E-state index in [4.69, 9.17) is 0 Å². The number of likely N-dealkylation sites (N-methyl/N-ethyl adjacent to an activating group) is 1. The molecule has 1 aromatic carbocycles. The molecular weight excluding hydrogens is 251 g/mol. The van der Waals surface area contributed by atoms with Crippen LogP contribution >= 0.6 is 0 Å². The normalized spacial score (nSPS) is 20.4. The second-order valence-electron chi connectivity index (χ2n) is 3.27. The Bertz CT molecular complexity index is 378. The van der Waals surface area contributed by atoms with Crippen LogP contribution in [0.1, 0.15) is 11.5 Å². The van der Waals surface area contributed by atoms with E-state index in [0.29, 0.717) is 10.1 Å². The molecule has 0 bridgehead atoms. The first-order valence-electron chi connectivity index (χ1n) is 4.27. The molecule has 4 heteroatoms. The zero-order valence-electron chi connectivity index (χ0n) is 7.58. The van der Waals surface area contributed by atoms with Gasteiger partial charge in [-0.2, -0.15) is 0 Å². The third-order valence-corrected chi connectivity index (χ3v) is 3.59. The standard InChI is InChI=1S/C10H9F2NSe/c1-13-7-5-3-2-4-6(7)8(9(11)12)10(13)14/h2-5,8-9H,1H3. The minimum atomic E-state index is -2.35. The Labute approximate surface area is 89.1 Å². The van der Waals surface area contributed by atoms with Crippen LogP contribution in [0.5, 0.6) is 0 Å². The molecule has 0 spiro atoms. The molecule has 2 rings (SSSR count). The number of anilines is 1. The molecular formula is C10H9F2NSe. The second kappa shape index (κ2) is 3.44. The van der Waals surface area contributed by atoms with E-state index in [1.807, 2.05) is 12.1 Å². The van der Waals surface area contributed by atoms with Crippen LogP contribution in [0.4, 0.5) is 14.5 Å². The number of para-hydroxylation sites is 1. The van der Waals surface area contributed by atoms with E-state index in [9.17, 15) is 8.78 Å². The molecule has 1 unspecified atom stereocenters. The second-order valence-corrected chi connectivity index (χ2v) is 4.15. The third kappa shape index (κ3) is 1.30. The molecule has 1 aliphatic heterocycles. The van der Waals surface area contributed by atoms with E-state index < -0.39 is 12.3 Å². The number of fused-ring (bicyclic) bond motifs is 1. The fourth-order valence-electron chi connectivity index (χ4n) is 1.76. The minimum absolute atomic E-state index is 0.598. The summed E-state index contributed by atoms with van der Waals surface area (Å²) in [5.74, 6) is -0.781. The zero-order valence-corrected chi connectivity index (χ0v) is 9.29. The fourth-order valence-corrected chi connectivity index (χ4v) is 2.45. The van der Waals surface area contributed by atoms with Gasteiger partial charge in [-0.3, -0.25) is 0 Å². The van der Waals surface area contributed by atoms with Crippen molar-refractivity contribution in [1.82, 2.24) is 0 Å². The van der Waals surface area contributed by atoms with Gasteiger partial charge in [-0.1, -0.05) is 0 Å². The van der Waals surface area contributed by atoms with Gasteiger partial charge >= 0.3 is 88.7 Å². The summed E-state index contributed by atoms with van der Waals surface area (Å²) in [6.45, 7) is 0. The van der Waals surface area contributed by atoms with Crippen LogP contribution in [0.2, 0.25) is 0 Å². The van der Waals surface area contributed by atoms with Crippen molar-refractivity contribution in [2.24, 2.45) is 0 Å². The van der Waals surface area contributed by atoms with E-state index in [0.717, 1.165) is 5.69 Å². The zero-order chi connectivity index (χ0) is 10.3. The first-order valence-corrected chi connectivity index (χ1v) is 5.13. The average Bonchev–Trinajstić information content (AvgIpc) is 2.41. The number of rotatable bonds is 1. The van der Waals surface area contributed by atoms with Crippen LogP contribution in [0.25, 0.3) is 0 Å². The Hall–Kier alpha value is -0.731. The van der Waals surface area contributed by atoms with E-state index in [1.165, 1.54) is 0 Å². The van der Waals surface area contributed by atoms with Gasteiger partial charge in [0.15, 0.2) is 0 Å². The van der Waals surface area contributed by atoms with Gasteiger partial charge in [-0.25, -0.2) is 0 Å². The summed E-state index contributed by atoms with van der Waals surface area (Å²) in [5, 5.41) is 0. The summed E-state index contributed by atoms with van der Waals surface area (Å²) in [5.41, 5.74) is 1.57. The Morgan fingerprint density at radius 2 is 2.00 bits per heavy atom. The molecule has 14 heavy (non-hydrogen) atoms. The van der Waals surface area contributed by atoms with Gasteiger partial charge in [0.25, 0.3) is 0 Å². The van der Waals surface area contributed by atoms with Crippen LogP contribution in [-0.2, 0) is 0 Å². The van der Waals surface area contributed by atoms with E-state index in [1.54, 1.807) is 24.1 Å². The van der Waals surface area contributed by atoms with Gasteiger partial charge in [-0.05, 0) is 0 Å². The molecule has 0 saturated heterocycles. The monoisotopic (exact) mass is 261 g/mol. The number of nitrogens with zero attached hydrogens (tertiary/aromatic N) is 1. The van der Waals surface area contributed by atoms with Crippen molar-refractivity contribution in [2.75, 3.05) is 11.9 Å². The van der Waals surface area contributed by atoms with Crippen molar-refractivity contribution in [2.45, 2.75) is 12.3 Å². The van der Waals surface area contributed by atoms with Gasteiger partial charge in [-0.15, -0.1) is 0 Å². The van der Waals surface area contributed by atoms with E-state index in [-0.39, 0.29) is 0 Å². The van der Waals surface area contributed by atoms with Gasteiger partial charge in [0.05, 0.1) is 0 Å². The van der Waals surface area contributed by atoms with Crippen molar-refractivity contribution in [1.29, 1.82) is 0 Å². The summed E-state index contributed by atoms with van der Waals surface area (Å²) in [6.07, 6.45) is -2.35. The first-order chi connectivity index (χ1) is 6.63. The Morgan fingerprint density at radius 3 is 2.64 bits per heavy atom. The van der Waals surface area contributed by atoms with E-state index in [2.05, 4.69) is 15.6 Å². The van der Waals surface area contributed by atoms with Crippen LogP contribution in [0, 0.1) is 0 Å². The van der Waals surface area contributed by atoms with Crippen molar-refractivity contribution in [3.8, 4) is 0 Å². The number of halogens is 2. The maximum absolute atomic E-state index is 12.8. The molecule has 0 fully saturated rings. The molecule has 74 valence electrons. The number of hydrogen-bond donors (Lipinski definition) is 0. The Balaban J connectivity index is 2.53. The quantitative estimate of drug-likeness (QED) is 0.696.